The highest BCUT2D eigenvalue weighted by atomic mass is 16.4. The van der Waals surface area contributed by atoms with Crippen LogP contribution in [0.15, 0.2) is 29.4 Å². The molecule has 146 valence electrons. The van der Waals surface area contributed by atoms with Crippen LogP contribution in [0.25, 0.3) is 0 Å². The minimum absolute atomic E-state index is 0.0931. The van der Waals surface area contributed by atoms with Crippen LogP contribution in [0.2, 0.25) is 0 Å². The molecule has 0 saturated heterocycles. The Bertz CT molecular complexity index is 809. The summed E-state index contributed by atoms with van der Waals surface area (Å²) in [7, 11) is 0. The Morgan fingerprint density at radius 2 is 1.96 bits per heavy atom. The molecule has 1 aliphatic rings. The fraction of sp³-hybridized carbons (Fsp3) is 0.400. The van der Waals surface area contributed by atoms with Gasteiger partial charge in [-0.25, -0.2) is 4.79 Å². The molecule has 0 radical (unpaired) electrons. The van der Waals surface area contributed by atoms with Gasteiger partial charge in [0.15, 0.2) is 0 Å². The first kappa shape index (κ1) is 20.5. The van der Waals surface area contributed by atoms with E-state index in [2.05, 4.69) is 0 Å². The average molecular weight is 375 g/mol. The van der Waals surface area contributed by atoms with Crippen molar-refractivity contribution in [2.75, 3.05) is 13.2 Å². The number of rotatable bonds is 8. The van der Waals surface area contributed by atoms with Gasteiger partial charge in [0, 0.05) is 23.2 Å². The molecule has 0 atom stereocenters. The van der Waals surface area contributed by atoms with Gasteiger partial charge >= 0.3 is 5.97 Å². The number of hydrogen-bond donors (Lipinski definition) is 4. The number of fused-ring (bicyclic) bond motifs is 1. The number of benzene rings is 1. The van der Waals surface area contributed by atoms with Gasteiger partial charge in [0.2, 0.25) is 0 Å². The molecule has 2 rings (SSSR count). The van der Waals surface area contributed by atoms with Gasteiger partial charge in [0.1, 0.15) is 11.5 Å². The number of carbonyl (C=O) groups excluding carboxylic acids is 1. The normalized spacial score (nSPS) is 14.6. The number of aliphatic hydroxyl groups is 1. The molecule has 0 aliphatic carbocycles. The Morgan fingerprint density at radius 1 is 1.26 bits per heavy atom. The highest BCUT2D eigenvalue weighted by molar-refractivity contribution is 6.00. The lowest BCUT2D eigenvalue weighted by molar-refractivity contribution is -0.132. The first-order chi connectivity index (χ1) is 12.8. The summed E-state index contributed by atoms with van der Waals surface area (Å²) in [6, 6.07) is 1.37. The van der Waals surface area contributed by atoms with Gasteiger partial charge in [-0.3, -0.25) is 4.79 Å². The minimum Gasteiger partial charge on any atom is -0.507 e. The number of carbonyl (C=O) groups is 2. The zero-order valence-corrected chi connectivity index (χ0v) is 15.5. The fourth-order valence-corrected chi connectivity index (χ4v) is 3.01. The third-order valence-corrected chi connectivity index (χ3v) is 4.70. The van der Waals surface area contributed by atoms with Crippen LogP contribution in [-0.2, 0) is 17.8 Å². The standard InChI is InChI=1S/C20H25NO6/c1-12(4-3-5-13(2)20(26)27)6-7-14-17(23)10-15-16(18(14)24)11-21(8-9-22)19(15)25/h5-6,10,22-24H,3-4,7-9,11H2,1-2H3,(H,26,27). The lowest BCUT2D eigenvalue weighted by atomic mass is 9.99. The van der Waals surface area contributed by atoms with Crippen LogP contribution < -0.4 is 0 Å². The summed E-state index contributed by atoms with van der Waals surface area (Å²) in [4.78, 5) is 24.4. The van der Waals surface area contributed by atoms with E-state index in [-0.39, 0.29) is 42.7 Å². The largest absolute Gasteiger partial charge is 0.507 e. The molecule has 0 spiro atoms. The summed E-state index contributed by atoms with van der Waals surface area (Å²) in [5, 5.41) is 38.6. The Morgan fingerprint density at radius 3 is 2.59 bits per heavy atom. The van der Waals surface area contributed by atoms with E-state index in [0.29, 0.717) is 36.0 Å². The van der Waals surface area contributed by atoms with Crippen LogP contribution in [0, 0.1) is 0 Å². The summed E-state index contributed by atoms with van der Waals surface area (Å²) < 4.78 is 0. The van der Waals surface area contributed by atoms with Gasteiger partial charge < -0.3 is 25.3 Å². The summed E-state index contributed by atoms with van der Waals surface area (Å²) >= 11 is 0. The fourth-order valence-electron chi connectivity index (χ4n) is 3.01. The maximum atomic E-state index is 12.2. The molecule has 0 saturated carbocycles. The van der Waals surface area contributed by atoms with Gasteiger partial charge in [0.05, 0.1) is 18.7 Å². The summed E-state index contributed by atoms with van der Waals surface area (Å²) in [6.07, 6.45) is 5.08. The van der Waals surface area contributed by atoms with Crippen LogP contribution in [-0.4, -0.2) is 50.4 Å². The first-order valence-electron chi connectivity index (χ1n) is 8.78. The molecule has 4 N–H and O–H groups in total. The van der Waals surface area contributed by atoms with E-state index in [0.717, 1.165) is 5.57 Å². The van der Waals surface area contributed by atoms with Crippen molar-refractivity contribution in [2.45, 2.75) is 39.7 Å². The average Bonchev–Trinajstić information content (AvgIpc) is 2.91. The van der Waals surface area contributed by atoms with Crippen LogP contribution in [0.4, 0.5) is 0 Å². The molecular weight excluding hydrogens is 350 g/mol. The van der Waals surface area contributed by atoms with Crippen molar-refractivity contribution in [1.82, 2.24) is 4.90 Å². The van der Waals surface area contributed by atoms with Crippen molar-refractivity contribution in [3.05, 3.63) is 46.1 Å². The molecule has 27 heavy (non-hydrogen) atoms. The molecule has 0 bridgehead atoms. The number of aliphatic hydroxyl groups excluding tert-OH is 1. The molecule has 7 heteroatoms. The van der Waals surface area contributed by atoms with E-state index in [4.69, 9.17) is 10.2 Å². The SMILES string of the molecule is CC(=CCc1c(O)cc2c(c1O)CN(CCO)C2=O)CCC=C(C)C(=O)O. The number of aliphatic carboxylic acids is 1. The number of carboxylic acids is 1. The van der Waals surface area contributed by atoms with Crippen LogP contribution in [0.5, 0.6) is 11.5 Å². The van der Waals surface area contributed by atoms with Gasteiger partial charge in [-0.05, 0) is 39.2 Å². The molecule has 7 nitrogen and oxygen atoms in total. The van der Waals surface area contributed by atoms with Crippen molar-refractivity contribution >= 4 is 11.9 Å². The van der Waals surface area contributed by atoms with Gasteiger partial charge in [-0.1, -0.05) is 17.7 Å². The third-order valence-electron chi connectivity index (χ3n) is 4.70. The zero-order valence-electron chi connectivity index (χ0n) is 15.5. The van der Waals surface area contributed by atoms with Crippen molar-refractivity contribution < 1.29 is 30.0 Å². The van der Waals surface area contributed by atoms with Gasteiger partial charge in [0.25, 0.3) is 5.91 Å². The lowest BCUT2D eigenvalue weighted by Gasteiger charge is -2.13. The summed E-state index contributed by atoms with van der Waals surface area (Å²) in [5.74, 6) is -1.49. The Labute approximate surface area is 157 Å². The second-order valence-electron chi connectivity index (χ2n) is 6.68. The van der Waals surface area contributed by atoms with Crippen LogP contribution >= 0.6 is 0 Å². The van der Waals surface area contributed by atoms with E-state index in [1.165, 1.54) is 11.0 Å². The second kappa shape index (κ2) is 8.73. The lowest BCUT2D eigenvalue weighted by Crippen LogP contribution is -2.26. The minimum atomic E-state index is -0.936. The van der Waals surface area contributed by atoms with E-state index in [1.54, 1.807) is 13.0 Å². The van der Waals surface area contributed by atoms with E-state index in [9.17, 15) is 19.8 Å². The number of phenols is 2. The smallest absolute Gasteiger partial charge is 0.330 e. The predicted molar refractivity (Wildman–Crippen MR) is 99.7 cm³/mol. The quantitative estimate of drug-likeness (QED) is 0.409. The number of phenolic OH excluding ortho intramolecular Hbond substituents is 2. The zero-order chi connectivity index (χ0) is 20.1. The van der Waals surface area contributed by atoms with Crippen molar-refractivity contribution in [3.8, 4) is 11.5 Å². The maximum Gasteiger partial charge on any atom is 0.330 e. The van der Waals surface area contributed by atoms with E-state index >= 15 is 0 Å². The Hall–Kier alpha value is -2.80. The van der Waals surface area contributed by atoms with Gasteiger partial charge in [-0.2, -0.15) is 0 Å². The summed E-state index contributed by atoms with van der Waals surface area (Å²) in [5.41, 5.74) is 2.38. The molecule has 0 fully saturated rings. The molecular formula is C20H25NO6. The van der Waals surface area contributed by atoms with Crippen molar-refractivity contribution in [2.24, 2.45) is 0 Å². The van der Waals surface area contributed by atoms with Crippen LogP contribution in [0.1, 0.15) is 48.2 Å². The monoisotopic (exact) mass is 375 g/mol. The highest BCUT2D eigenvalue weighted by Gasteiger charge is 2.31. The van der Waals surface area contributed by atoms with E-state index in [1.807, 2.05) is 13.0 Å². The molecule has 0 aromatic heterocycles. The molecule has 0 unspecified atom stereocenters. The number of aromatic hydroxyl groups is 2. The maximum absolute atomic E-state index is 12.2. The molecule has 1 heterocycles. The highest BCUT2D eigenvalue weighted by Crippen LogP contribution is 2.39. The number of hydrogen-bond acceptors (Lipinski definition) is 5. The number of amides is 1. The topological polar surface area (TPSA) is 118 Å². The third kappa shape index (κ3) is 4.68. The van der Waals surface area contributed by atoms with Gasteiger partial charge in [-0.15, -0.1) is 0 Å². The number of β-amino-alcohol motifs (C(OH)–C–C–N with tert-alkyl or cyclic N) is 1. The second-order valence-corrected chi connectivity index (χ2v) is 6.68. The summed E-state index contributed by atoms with van der Waals surface area (Å²) in [6.45, 7) is 3.65. The van der Waals surface area contributed by atoms with E-state index < -0.39 is 5.97 Å². The molecule has 1 aliphatic heterocycles. The van der Waals surface area contributed by atoms with Crippen molar-refractivity contribution in [1.29, 1.82) is 0 Å². The number of nitrogens with zero attached hydrogens (tertiary/aromatic N) is 1. The number of allylic oxidation sites excluding steroid dienone is 3. The Balaban J connectivity index is 2.12. The predicted octanol–water partition coefficient (Wildman–Crippen LogP) is 2.35. The number of carboxylic acid groups (broad SMARTS) is 1. The molecule has 1 aromatic rings. The van der Waals surface area contributed by atoms with Crippen LogP contribution in [0.3, 0.4) is 0 Å². The Kier molecular flexibility index (Phi) is 6.63. The van der Waals surface area contributed by atoms with Crippen molar-refractivity contribution in [3.63, 3.8) is 0 Å². The first-order valence-corrected chi connectivity index (χ1v) is 8.78. The molecule has 1 aromatic carbocycles. The molecule has 1 amide bonds.